The number of furan rings is 1. The fourth-order valence-electron chi connectivity index (χ4n) is 3.02. The Kier molecular flexibility index (Phi) is 4.38. The third-order valence-electron chi connectivity index (χ3n) is 4.15. The SMILES string of the molecule is O=C(CCNC1CCCc2occc21)N1CCOCC1. The van der Waals surface area contributed by atoms with Crippen LogP contribution in [-0.4, -0.2) is 43.7 Å². The fraction of sp³-hybridized carbons (Fsp3) is 0.667. The first-order valence-corrected chi connectivity index (χ1v) is 7.50. The van der Waals surface area contributed by atoms with Crippen LogP contribution in [0.5, 0.6) is 0 Å². The molecule has 0 aromatic carbocycles. The van der Waals surface area contributed by atoms with Crippen LogP contribution in [0.25, 0.3) is 0 Å². The van der Waals surface area contributed by atoms with Crippen LogP contribution in [0.2, 0.25) is 0 Å². The zero-order chi connectivity index (χ0) is 13.8. The molecule has 1 fully saturated rings. The van der Waals surface area contributed by atoms with Crippen LogP contribution in [0.15, 0.2) is 16.7 Å². The van der Waals surface area contributed by atoms with E-state index in [0.29, 0.717) is 25.7 Å². The normalized spacial score (nSPS) is 22.6. The molecule has 5 nitrogen and oxygen atoms in total. The molecule has 1 aliphatic carbocycles. The third kappa shape index (κ3) is 3.04. The molecule has 3 rings (SSSR count). The second-order valence-corrected chi connectivity index (χ2v) is 5.44. The molecule has 1 aromatic rings. The van der Waals surface area contributed by atoms with Gasteiger partial charge in [-0.1, -0.05) is 0 Å². The van der Waals surface area contributed by atoms with Gasteiger partial charge in [-0.05, 0) is 18.9 Å². The van der Waals surface area contributed by atoms with E-state index >= 15 is 0 Å². The summed E-state index contributed by atoms with van der Waals surface area (Å²) in [6.07, 6.45) is 5.63. The second kappa shape index (κ2) is 6.41. The van der Waals surface area contributed by atoms with Gasteiger partial charge in [0.25, 0.3) is 0 Å². The average molecular weight is 278 g/mol. The maximum atomic E-state index is 12.0. The number of aryl methyl sites for hydroxylation is 1. The number of ether oxygens (including phenoxy) is 1. The van der Waals surface area contributed by atoms with E-state index in [1.54, 1.807) is 6.26 Å². The second-order valence-electron chi connectivity index (χ2n) is 5.44. The fourth-order valence-corrected chi connectivity index (χ4v) is 3.02. The highest BCUT2D eigenvalue weighted by Gasteiger charge is 2.22. The van der Waals surface area contributed by atoms with E-state index in [1.165, 1.54) is 5.56 Å². The maximum absolute atomic E-state index is 12.0. The molecular formula is C15H22N2O3. The van der Waals surface area contributed by atoms with Crippen molar-refractivity contribution in [1.82, 2.24) is 10.2 Å². The topological polar surface area (TPSA) is 54.7 Å². The van der Waals surface area contributed by atoms with Crippen molar-refractivity contribution in [2.45, 2.75) is 31.7 Å². The van der Waals surface area contributed by atoms with Crippen LogP contribution < -0.4 is 5.32 Å². The number of hydrogen-bond donors (Lipinski definition) is 1. The number of rotatable bonds is 4. The third-order valence-corrected chi connectivity index (χ3v) is 4.15. The lowest BCUT2D eigenvalue weighted by Crippen LogP contribution is -2.41. The predicted octanol–water partition coefficient (Wildman–Crippen LogP) is 1.50. The Morgan fingerprint density at radius 1 is 1.40 bits per heavy atom. The van der Waals surface area contributed by atoms with Gasteiger partial charge in [0.15, 0.2) is 0 Å². The van der Waals surface area contributed by atoms with Crippen LogP contribution in [0, 0.1) is 0 Å². The minimum atomic E-state index is 0.226. The molecule has 0 bridgehead atoms. The van der Waals surface area contributed by atoms with Gasteiger partial charge in [0.2, 0.25) is 5.91 Å². The lowest BCUT2D eigenvalue weighted by Gasteiger charge is -2.27. The Bertz CT molecular complexity index is 452. The van der Waals surface area contributed by atoms with Crippen LogP contribution in [0.1, 0.15) is 36.6 Å². The summed E-state index contributed by atoms with van der Waals surface area (Å²) < 4.78 is 10.7. The number of carbonyl (C=O) groups is 1. The summed E-state index contributed by atoms with van der Waals surface area (Å²) in [5.74, 6) is 1.33. The summed E-state index contributed by atoms with van der Waals surface area (Å²) in [6, 6.07) is 2.39. The molecule has 0 saturated carbocycles. The van der Waals surface area contributed by atoms with E-state index in [4.69, 9.17) is 9.15 Å². The van der Waals surface area contributed by atoms with E-state index in [-0.39, 0.29) is 5.91 Å². The van der Waals surface area contributed by atoms with Crippen LogP contribution in [0.4, 0.5) is 0 Å². The van der Waals surface area contributed by atoms with Crippen molar-refractivity contribution in [2.75, 3.05) is 32.8 Å². The van der Waals surface area contributed by atoms with Crippen molar-refractivity contribution in [3.8, 4) is 0 Å². The molecule has 1 amide bonds. The molecule has 1 N–H and O–H groups in total. The molecule has 1 unspecified atom stereocenters. The number of nitrogens with zero attached hydrogens (tertiary/aromatic N) is 1. The van der Waals surface area contributed by atoms with Gasteiger partial charge < -0.3 is 19.4 Å². The Balaban J connectivity index is 1.45. The van der Waals surface area contributed by atoms with Gasteiger partial charge in [0.05, 0.1) is 19.5 Å². The van der Waals surface area contributed by atoms with Gasteiger partial charge in [0.1, 0.15) is 5.76 Å². The number of fused-ring (bicyclic) bond motifs is 1. The quantitative estimate of drug-likeness (QED) is 0.906. The van der Waals surface area contributed by atoms with Crippen LogP contribution in [0.3, 0.4) is 0 Å². The zero-order valence-corrected chi connectivity index (χ0v) is 11.8. The summed E-state index contributed by atoms with van der Waals surface area (Å²) >= 11 is 0. The first-order valence-electron chi connectivity index (χ1n) is 7.50. The average Bonchev–Trinajstić information content (AvgIpc) is 2.97. The van der Waals surface area contributed by atoms with Gasteiger partial charge in [0, 0.05) is 44.1 Å². The highest BCUT2D eigenvalue weighted by Crippen LogP contribution is 2.30. The van der Waals surface area contributed by atoms with Crippen molar-refractivity contribution < 1.29 is 13.9 Å². The molecule has 1 saturated heterocycles. The van der Waals surface area contributed by atoms with Gasteiger partial charge in [-0.3, -0.25) is 4.79 Å². The summed E-state index contributed by atoms with van der Waals surface area (Å²) in [5, 5.41) is 3.50. The molecule has 2 heterocycles. The summed E-state index contributed by atoms with van der Waals surface area (Å²) in [6.45, 7) is 3.52. The smallest absolute Gasteiger partial charge is 0.224 e. The van der Waals surface area contributed by atoms with Crippen molar-refractivity contribution in [1.29, 1.82) is 0 Å². The van der Waals surface area contributed by atoms with E-state index in [9.17, 15) is 4.79 Å². The van der Waals surface area contributed by atoms with Gasteiger partial charge >= 0.3 is 0 Å². The van der Waals surface area contributed by atoms with E-state index in [1.807, 2.05) is 4.90 Å². The zero-order valence-electron chi connectivity index (χ0n) is 11.8. The van der Waals surface area contributed by atoms with Crippen molar-refractivity contribution in [2.24, 2.45) is 0 Å². The summed E-state index contributed by atoms with van der Waals surface area (Å²) in [7, 11) is 0. The molecule has 110 valence electrons. The summed E-state index contributed by atoms with van der Waals surface area (Å²) in [5.41, 5.74) is 1.27. The lowest BCUT2D eigenvalue weighted by atomic mass is 9.93. The first-order chi connectivity index (χ1) is 9.84. The minimum absolute atomic E-state index is 0.226. The molecule has 20 heavy (non-hydrogen) atoms. The predicted molar refractivity (Wildman–Crippen MR) is 74.4 cm³/mol. The van der Waals surface area contributed by atoms with Crippen molar-refractivity contribution in [3.05, 3.63) is 23.7 Å². The molecular weight excluding hydrogens is 256 g/mol. The van der Waals surface area contributed by atoms with Crippen molar-refractivity contribution in [3.63, 3.8) is 0 Å². The Labute approximate surface area is 119 Å². The highest BCUT2D eigenvalue weighted by atomic mass is 16.5. The molecule has 0 spiro atoms. The van der Waals surface area contributed by atoms with E-state index in [0.717, 1.165) is 44.7 Å². The lowest BCUT2D eigenvalue weighted by molar-refractivity contribution is -0.135. The van der Waals surface area contributed by atoms with E-state index in [2.05, 4.69) is 11.4 Å². The Morgan fingerprint density at radius 2 is 2.25 bits per heavy atom. The molecule has 0 radical (unpaired) electrons. The number of amides is 1. The van der Waals surface area contributed by atoms with Gasteiger partial charge in [-0.2, -0.15) is 0 Å². The first kappa shape index (κ1) is 13.6. The number of morpholine rings is 1. The molecule has 1 atom stereocenters. The number of carbonyl (C=O) groups excluding carboxylic acids is 1. The monoisotopic (exact) mass is 278 g/mol. The van der Waals surface area contributed by atoms with E-state index < -0.39 is 0 Å². The summed E-state index contributed by atoms with van der Waals surface area (Å²) in [4.78, 5) is 13.9. The molecule has 1 aromatic heterocycles. The van der Waals surface area contributed by atoms with Gasteiger partial charge in [-0.15, -0.1) is 0 Å². The Hall–Kier alpha value is -1.33. The molecule has 2 aliphatic rings. The minimum Gasteiger partial charge on any atom is -0.469 e. The standard InChI is InChI=1S/C15H22N2O3/c18-15(17-7-10-19-11-8-17)4-6-16-13-2-1-3-14-12(13)5-9-20-14/h5,9,13,16H,1-4,6-8,10-11H2. The van der Waals surface area contributed by atoms with Crippen LogP contribution >= 0.6 is 0 Å². The largest absolute Gasteiger partial charge is 0.469 e. The van der Waals surface area contributed by atoms with Gasteiger partial charge in [-0.25, -0.2) is 0 Å². The highest BCUT2D eigenvalue weighted by molar-refractivity contribution is 5.76. The number of nitrogens with one attached hydrogen (secondary N) is 1. The Morgan fingerprint density at radius 3 is 3.10 bits per heavy atom. The molecule has 1 aliphatic heterocycles. The maximum Gasteiger partial charge on any atom is 0.224 e. The molecule has 5 heteroatoms. The number of hydrogen-bond acceptors (Lipinski definition) is 4. The van der Waals surface area contributed by atoms with Crippen molar-refractivity contribution >= 4 is 5.91 Å². The van der Waals surface area contributed by atoms with Crippen LogP contribution in [-0.2, 0) is 16.0 Å².